The lowest BCUT2D eigenvalue weighted by atomic mass is 9.89. The highest BCUT2D eigenvalue weighted by molar-refractivity contribution is 5.96. The zero-order valence-electron chi connectivity index (χ0n) is 29.6. The molecule has 256 valence electrons. The zero-order chi connectivity index (χ0) is 34.3. The Labute approximate surface area is 280 Å². The van der Waals surface area contributed by atoms with E-state index in [2.05, 4.69) is 62.6 Å². The third-order valence-electron chi connectivity index (χ3n) is 9.14. The van der Waals surface area contributed by atoms with Crippen molar-refractivity contribution in [1.82, 2.24) is 30.7 Å². The Bertz CT molecular complexity index is 1530. The molecule has 47 heavy (non-hydrogen) atoms. The molecular weight excluding hydrogens is 592 g/mol. The van der Waals surface area contributed by atoms with E-state index in [-0.39, 0.29) is 42.2 Å². The molecule has 0 bridgehead atoms. The summed E-state index contributed by atoms with van der Waals surface area (Å²) in [5.74, 6) is 6.46. The lowest BCUT2D eigenvalue weighted by Gasteiger charge is -2.32. The van der Waals surface area contributed by atoms with E-state index < -0.39 is 5.60 Å². The summed E-state index contributed by atoms with van der Waals surface area (Å²) in [6, 6.07) is 6.24. The first-order valence-corrected chi connectivity index (χ1v) is 17.0. The molecule has 2 aliphatic rings. The van der Waals surface area contributed by atoms with Crippen LogP contribution in [0.1, 0.15) is 103 Å². The van der Waals surface area contributed by atoms with Crippen LogP contribution in [0.3, 0.4) is 0 Å². The van der Waals surface area contributed by atoms with Crippen molar-refractivity contribution in [1.29, 1.82) is 0 Å². The molecule has 4 N–H and O–H groups in total. The summed E-state index contributed by atoms with van der Waals surface area (Å²) < 4.78 is 5.44. The summed E-state index contributed by atoms with van der Waals surface area (Å²) in [4.78, 5) is 46.0. The van der Waals surface area contributed by atoms with Gasteiger partial charge in [-0.3, -0.25) is 14.5 Å². The highest BCUT2D eigenvalue weighted by atomic mass is 16.6. The van der Waals surface area contributed by atoms with E-state index in [1.807, 2.05) is 53.7 Å². The number of carbonyl (C=O) groups excluding carboxylic acids is 2. The van der Waals surface area contributed by atoms with Gasteiger partial charge in [0.15, 0.2) is 0 Å². The van der Waals surface area contributed by atoms with Gasteiger partial charge >= 0.3 is 6.09 Å². The monoisotopic (exact) mass is 646 g/mol. The van der Waals surface area contributed by atoms with Gasteiger partial charge < -0.3 is 30.6 Å². The molecular formula is C37H54N6O4. The van der Waals surface area contributed by atoms with Crippen LogP contribution < -0.4 is 21.5 Å². The second kappa shape index (κ2) is 16.0. The molecule has 1 aliphatic carbocycles. The molecule has 1 atom stereocenters. The van der Waals surface area contributed by atoms with E-state index in [1.165, 1.54) is 0 Å². The maximum absolute atomic E-state index is 13.7. The number of carbonyl (C=O) groups is 2. The van der Waals surface area contributed by atoms with Gasteiger partial charge in [-0.2, -0.15) is 0 Å². The number of piperazine rings is 1. The summed E-state index contributed by atoms with van der Waals surface area (Å²) in [6.45, 7) is 18.3. The number of benzene rings is 1. The van der Waals surface area contributed by atoms with E-state index in [0.29, 0.717) is 17.7 Å². The molecule has 10 nitrogen and oxygen atoms in total. The number of hydrogen-bond acceptors (Lipinski definition) is 7. The van der Waals surface area contributed by atoms with Crippen molar-refractivity contribution in [2.75, 3.05) is 39.8 Å². The molecule has 2 amide bonds. The Morgan fingerprint density at radius 2 is 1.68 bits per heavy atom. The lowest BCUT2D eigenvalue weighted by Crippen LogP contribution is -2.44. The minimum Gasteiger partial charge on any atom is -0.444 e. The molecule has 4 rings (SSSR count). The van der Waals surface area contributed by atoms with Crippen molar-refractivity contribution in [2.24, 2.45) is 0 Å². The van der Waals surface area contributed by atoms with Gasteiger partial charge in [0.05, 0.1) is 6.54 Å². The lowest BCUT2D eigenvalue weighted by molar-refractivity contribution is 0.0489. The van der Waals surface area contributed by atoms with Crippen LogP contribution in [0.25, 0.3) is 0 Å². The minimum atomic E-state index is -0.521. The summed E-state index contributed by atoms with van der Waals surface area (Å²) in [7, 11) is 2.14. The first-order valence-electron chi connectivity index (χ1n) is 17.0. The molecule has 2 fully saturated rings. The largest absolute Gasteiger partial charge is 0.444 e. The van der Waals surface area contributed by atoms with E-state index >= 15 is 0 Å². The number of amides is 2. The Morgan fingerprint density at radius 1 is 1.02 bits per heavy atom. The van der Waals surface area contributed by atoms with Gasteiger partial charge in [0.2, 0.25) is 0 Å². The average molecular weight is 647 g/mol. The summed E-state index contributed by atoms with van der Waals surface area (Å²) in [5.41, 5.74) is 4.77. The normalized spacial score (nSPS) is 19.7. The number of alkyl carbamates (subject to hydrolysis) is 1. The standard InChI is InChI=1S/C37H54N6O4/c1-24-20-25(2)39-35(45)33(24)23-38-34(44)32-22-28(10-9-15-43-18-16-42(8)17-19-43)21-31(26(32)3)27(4)40-29-11-13-30(14-12-29)41-36(46)47-37(5,6)7/h20-22,27,29-30,40H,11-19,23H2,1-8H3,(H,38,44)(H,39,45)(H,41,46). The number of aromatic nitrogens is 1. The van der Waals surface area contributed by atoms with Gasteiger partial charge in [-0.25, -0.2) is 4.79 Å². The third kappa shape index (κ3) is 10.7. The smallest absolute Gasteiger partial charge is 0.407 e. The number of aromatic amines is 1. The van der Waals surface area contributed by atoms with Crippen molar-refractivity contribution in [3.8, 4) is 11.8 Å². The van der Waals surface area contributed by atoms with E-state index in [9.17, 15) is 14.4 Å². The highest BCUT2D eigenvalue weighted by Gasteiger charge is 2.27. The van der Waals surface area contributed by atoms with Gasteiger partial charge in [-0.15, -0.1) is 0 Å². The van der Waals surface area contributed by atoms with E-state index in [1.54, 1.807) is 0 Å². The third-order valence-corrected chi connectivity index (χ3v) is 9.14. The predicted octanol–water partition coefficient (Wildman–Crippen LogP) is 4.32. The maximum atomic E-state index is 13.7. The zero-order valence-corrected chi connectivity index (χ0v) is 29.6. The van der Waals surface area contributed by atoms with Crippen molar-refractivity contribution >= 4 is 12.0 Å². The van der Waals surface area contributed by atoms with E-state index in [0.717, 1.165) is 79.8 Å². The molecule has 0 radical (unpaired) electrons. The number of aryl methyl sites for hydroxylation is 2. The molecule has 1 unspecified atom stereocenters. The highest BCUT2D eigenvalue weighted by Crippen LogP contribution is 2.27. The Morgan fingerprint density at radius 3 is 2.32 bits per heavy atom. The Kier molecular flexibility index (Phi) is 12.3. The summed E-state index contributed by atoms with van der Waals surface area (Å²) >= 11 is 0. The summed E-state index contributed by atoms with van der Waals surface area (Å²) in [5, 5.41) is 9.80. The van der Waals surface area contributed by atoms with Crippen molar-refractivity contribution in [2.45, 2.75) is 104 Å². The van der Waals surface area contributed by atoms with Crippen LogP contribution in [0.4, 0.5) is 4.79 Å². The second-order valence-corrected chi connectivity index (χ2v) is 14.3. The number of rotatable bonds is 8. The predicted molar refractivity (Wildman–Crippen MR) is 187 cm³/mol. The van der Waals surface area contributed by atoms with Crippen LogP contribution in [0.5, 0.6) is 0 Å². The summed E-state index contributed by atoms with van der Waals surface area (Å²) in [6.07, 6.45) is 3.21. The number of H-pyrrole nitrogens is 1. The van der Waals surface area contributed by atoms with Crippen LogP contribution in [-0.2, 0) is 11.3 Å². The first-order chi connectivity index (χ1) is 22.2. The fourth-order valence-electron chi connectivity index (χ4n) is 6.44. The molecule has 1 aromatic carbocycles. The number of ether oxygens (including phenoxy) is 1. The fourth-order valence-corrected chi connectivity index (χ4v) is 6.44. The second-order valence-electron chi connectivity index (χ2n) is 14.3. The molecule has 1 aliphatic heterocycles. The SMILES string of the molecule is Cc1cc(C)c(CNC(=O)c2cc(C#CCN3CCN(C)CC3)cc(C(C)NC3CCC(NC(=O)OC(C)(C)C)CC3)c2C)c(=O)[nH]1. The van der Waals surface area contributed by atoms with Gasteiger partial charge in [0.1, 0.15) is 5.60 Å². The average Bonchev–Trinajstić information content (AvgIpc) is 2.98. The quantitative estimate of drug-likeness (QED) is 0.316. The van der Waals surface area contributed by atoms with Gasteiger partial charge in [-0.1, -0.05) is 11.8 Å². The molecule has 2 heterocycles. The molecule has 1 saturated carbocycles. The van der Waals surface area contributed by atoms with E-state index in [4.69, 9.17) is 4.74 Å². The molecule has 1 saturated heterocycles. The van der Waals surface area contributed by atoms with Gasteiger partial charge in [0.25, 0.3) is 11.5 Å². The van der Waals surface area contributed by atoms with Gasteiger partial charge in [0, 0.05) is 73.2 Å². The Balaban J connectivity index is 1.49. The maximum Gasteiger partial charge on any atom is 0.407 e. The van der Waals surface area contributed by atoms with Crippen LogP contribution in [0, 0.1) is 32.6 Å². The van der Waals surface area contributed by atoms with Crippen molar-refractivity contribution in [3.05, 3.63) is 67.6 Å². The number of nitrogens with one attached hydrogen (secondary N) is 4. The van der Waals surface area contributed by atoms with Crippen molar-refractivity contribution < 1.29 is 14.3 Å². The first kappa shape index (κ1) is 36.2. The topological polar surface area (TPSA) is 119 Å². The van der Waals surface area contributed by atoms with Crippen LogP contribution in [0.15, 0.2) is 23.0 Å². The minimum absolute atomic E-state index is 0.0246. The van der Waals surface area contributed by atoms with Gasteiger partial charge in [-0.05, 0) is 116 Å². The number of nitrogens with zero attached hydrogens (tertiary/aromatic N) is 2. The molecule has 10 heteroatoms. The van der Waals surface area contributed by atoms with Crippen LogP contribution >= 0.6 is 0 Å². The molecule has 1 aromatic heterocycles. The molecule has 0 spiro atoms. The molecule has 2 aromatic rings. The fraction of sp³-hybridized carbons (Fsp3) is 0.595. The number of likely N-dealkylation sites (N-methyl/N-ethyl adjacent to an activating group) is 1. The van der Waals surface area contributed by atoms with Crippen LogP contribution in [0.2, 0.25) is 0 Å². The number of pyridine rings is 1. The Hall–Kier alpha value is -3.65. The number of hydrogen-bond donors (Lipinski definition) is 4. The van der Waals surface area contributed by atoms with Crippen molar-refractivity contribution in [3.63, 3.8) is 0 Å². The van der Waals surface area contributed by atoms with Crippen LogP contribution in [-0.4, -0.2) is 84.2 Å².